The summed E-state index contributed by atoms with van der Waals surface area (Å²) in [6.45, 7) is 2.05. The lowest BCUT2D eigenvalue weighted by molar-refractivity contribution is 0.703. The lowest BCUT2D eigenvalue weighted by Gasteiger charge is -2.09. The first-order valence-corrected chi connectivity index (χ1v) is 7.43. The summed E-state index contributed by atoms with van der Waals surface area (Å²) in [6.07, 6.45) is 3.01. The Kier molecular flexibility index (Phi) is 3.13. The van der Waals surface area contributed by atoms with Crippen LogP contribution in [-0.4, -0.2) is 23.1 Å². The number of fused-ring (bicyclic) bond motifs is 1. The molecule has 104 valence electrons. The van der Waals surface area contributed by atoms with Crippen molar-refractivity contribution in [3.63, 3.8) is 0 Å². The van der Waals surface area contributed by atoms with E-state index >= 15 is 0 Å². The predicted octanol–water partition coefficient (Wildman–Crippen LogP) is 3.37. The predicted molar refractivity (Wildman–Crippen MR) is 85.2 cm³/mol. The van der Waals surface area contributed by atoms with Crippen LogP contribution in [0.3, 0.4) is 0 Å². The van der Waals surface area contributed by atoms with Crippen molar-refractivity contribution in [2.24, 2.45) is 0 Å². The maximum Gasteiger partial charge on any atom is 0.133 e. The molecule has 1 saturated heterocycles. The second-order valence-corrected chi connectivity index (χ2v) is 5.55. The van der Waals surface area contributed by atoms with E-state index in [0.29, 0.717) is 5.92 Å². The monoisotopic (exact) mass is 275 g/mol. The summed E-state index contributed by atoms with van der Waals surface area (Å²) < 4.78 is 0. The van der Waals surface area contributed by atoms with Crippen molar-refractivity contribution in [2.75, 3.05) is 13.1 Å². The molecule has 0 amide bonds. The van der Waals surface area contributed by atoms with Crippen LogP contribution in [0, 0.1) is 0 Å². The van der Waals surface area contributed by atoms with E-state index in [1.807, 2.05) is 12.3 Å². The number of nitrogens with one attached hydrogen (secondary N) is 1. The molecule has 3 heteroatoms. The molecule has 1 aliphatic heterocycles. The molecule has 2 heterocycles. The number of benzene rings is 2. The lowest BCUT2D eigenvalue weighted by Crippen LogP contribution is -2.10. The van der Waals surface area contributed by atoms with Crippen molar-refractivity contribution < 1.29 is 0 Å². The maximum absolute atomic E-state index is 4.78. The Bertz CT molecular complexity index is 776. The summed E-state index contributed by atoms with van der Waals surface area (Å²) >= 11 is 0. The number of hydrogen-bond donors (Lipinski definition) is 1. The molecule has 3 nitrogen and oxygen atoms in total. The fourth-order valence-corrected chi connectivity index (χ4v) is 2.95. The van der Waals surface area contributed by atoms with Gasteiger partial charge in [-0.25, -0.2) is 9.97 Å². The summed E-state index contributed by atoms with van der Waals surface area (Å²) in [5, 5.41) is 5.88. The first-order chi connectivity index (χ1) is 10.4. The van der Waals surface area contributed by atoms with Gasteiger partial charge < -0.3 is 5.32 Å². The zero-order valence-electron chi connectivity index (χ0n) is 11.8. The SMILES string of the molecule is c1ccc2cc(-c3ccnc(C4CCNC4)n3)ccc2c1. The van der Waals surface area contributed by atoms with Crippen LogP contribution in [0.1, 0.15) is 18.2 Å². The molecule has 21 heavy (non-hydrogen) atoms. The van der Waals surface area contributed by atoms with Crippen LogP contribution >= 0.6 is 0 Å². The molecule has 1 unspecified atom stereocenters. The Balaban J connectivity index is 1.75. The van der Waals surface area contributed by atoms with E-state index in [1.165, 1.54) is 10.8 Å². The van der Waals surface area contributed by atoms with Gasteiger partial charge in [0.25, 0.3) is 0 Å². The van der Waals surface area contributed by atoms with E-state index in [9.17, 15) is 0 Å². The third kappa shape index (κ3) is 2.41. The quantitative estimate of drug-likeness (QED) is 0.779. The number of rotatable bonds is 2. The largest absolute Gasteiger partial charge is 0.316 e. The number of aromatic nitrogens is 2. The standard InChI is InChI=1S/C18H17N3/c1-2-4-14-11-15(6-5-13(14)3-1)17-8-10-20-18(21-17)16-7-9-19-12-16/h1-6,8,10-11,16,19H,7,9,12H2. The van der Waals surface area contributed by atoms with Gasteiger partial charge in [0.15, 0.2) is 0 Å². The molecule has 1 aromatic heterocycles. The van der Waals surface area contributed by atoms with E-state index in [1.54, 1.807) is 0 Å². The van der Waals surface area contributed by atoms with Crippen molar-refractivity contribution >= 4 is 10.8 Å². The van der Waals surface area contributed by atoms with Gasteiger partial charge in [-0.2, -0.15) is 0 Å². The van der Waals surface area contributed by atoms with Crippen LogP contribution in [0.25, 0.3) is 22.0 Å². The first-order valence-electron chi connectivity index (χ1n) is 7.43. The van der Waals surface area contributed by atoms with E-state index in [-0.39, 0.29) is 0 Å². The first kappa shape index (κ1) is 12.5. The zero-order valence-corrected chi connectivity index (χ0v) is 11.8. The average molecular weight is 275 g/mol. The molecule has 0 spiro atoms. The smallest absolute Gasteiger partial charge is 0.133 e. The minimum Gasteiger partial charge on any atom is -0.316 e. The van der Waals surface area contributed by atoms with Crippen LogP contribution in [0.5, 0.6) is 0 Å². The highest BCUT2D eigenvalue weighted by Gasteiger charge is 2.19. The summed E-state index contributed by atoms with van der Waals surface area (Å²) in [4.78, 5) is 9.24. The topological polar surface area (TPSA) is 37.8 Å². The molecule has 2 aromatic carbocycles. The molecule has 1 N–H and O–H groups in total. The van der Waals surface area contributed by atoms with E-state index in [4.69, 9.17) is 4.98 Å². The Morgan fingerprint density at radius 1 is 1.00 bits per heavy atom. The average Bonchev–Trinajstić information content (AvgIpc) is 3.09. The van der Waals surface area contributed by atoms with Crippen LogP contribution in [-0.2, 0) is 0 Å². The van der Waals surface area contributed by atoms with Crippen molar-refractivity contribution in [1.82, 2.24) is 15.3 Å². The number of hydrogen-bond acceptors (Lipinski definition) is 3. The highest BCUT2D eigenvalue weighted by atomic mass is 15.0. The Morgan fingerprint density at radius 2 is 1.90 bits per heavy atom. The number of nitrogens with zero attached hydrogens (tertiary/aromatic N) is 2. The van der Waals surface area contributed by atoms with Gasteiger partial charge >= 0.3 is 0 Å². The molecule has 0 aliphatic carbocycles. The van der Waals surface area contributed by atoms with Crippen molar-refractivity contribution in [1.29, 1.82) is 0 Å². The van der Waals surface area contributed by atoms with E-state index in [0.717, 1.165) is 36.6 Å². The minimum atomic E-state index is 0.449. The second kappa shape index (κ2) is 5.26. The molecule has 4 rings (SSSR count). The Hall–Kier alpha value is -2.26. The van der Waals surface area contributed by atoms with Crippen LogP contribution in [0.4, 0.5) is 0 Å². The molecular weight excluding hydrogens is 258 g/mol. The highest BCUT2D eigenvalue weighted by Crippen LogP contribution is 2.25. The van der Waals surface area contributed by atoms with E-state index < -0.39 is 0 Å². The Labute approximate surface area is 124 Å². The minimum absolute atomic E-state index is 0.449. The molecular formula is C18H17N3. The van der Waals surface area contributed by atoms with Gasteiger partial charge in [0, 0.05) is 24.2 Å². The Morgan fingerprint density at radius 3 is 2.76 bits per heavy atom. The third-order valence-electron chi connectivity index (χ3n) is 4.14. The van der Waals surface area contributed by atoms with Crippen molar-refractivity contribution in [3.8, 4) is 11.3 Å². The van der Waals surface area contributed by atoms with Crippen LogP contribution in [0.2, 0.25) is 0 Å². The second-order valence-electron chi connectivity index (χ2n) is 5.55. The molecule has 0 saturated carbocycles. The molecule has 0 radical (unpaired) electrons. The van der Waals surface area contributed by atoms with E-state index in [2.05, 4.69) is 52.8 Å². The van der Waals surface area contributed by atoms with Crippen molar-refractivity contribution in [3.05, 3.63) is 60.6 Å². The van der Waals surface area contributed by atoms with Gasteiger partial charge in [0.2, 0.25) is 0 Å². The molecule has 0 bridgehead atoms. The third-order valence-corrected chi connectivity index (χ3v) is 4.14. The summed E-state index contributed by atoms with van der Waals surface area (Å²) in [6, 6.07) is 16.9. The fourth-order valence-electron chi connectivity index (χ4n) is 2.95. The molecule has 1 fully saturated rings. The van der Waals surface area contributed by atoms with Gasteiger partial charge in [-0.15, -0.1) is 0 Å². The lowest BCUT2D eigenvalue weighted by atomic mass is 10.0. The van der Waals surface area contributed by atoms with Crippen LogP contribution in [0.15, 0.2) is 54.7 Å². The zero-order chi connectivity index (χ0) is 14.1. The fraction of sp³-hybridized carbons (Fsp3) is 0.222. The highest BCUT2D eigenvalue weighted by molar-refractivity contribution is 5.86. The van der Waals surface area contributed by atoms with Gasteiger partial charge in [-0.3, -0.25) is 0 Å². The summed E-state index contributed by atoms with van der Waals surface area (Å²) in [7, 11) is 0. The van der Waals surface area contributed by atoms with Gasteiger partial charge in [0.1, 0.15) is 5.82 Å². The normalized spacial score (nSPS) is 18.2. The molecule has 1 aliphatic rings. The summed E-state index contributed by atoms with van der Waals surface area (Å²) in [5.41, 5.74) is 2.17. The van der Waals surface area contributed by atoms with Crippen molar-refractivity contribution in [2.45, 2.75) is 12.3 Å². The van der Waals surface area contributed by atoms with Crippen LogP contribution < -0.4 is 5.32 Å². The summed E-state index contributed by atoms with van der Waals surface area (Å²) in [5.74, 6) is 1.41. The van der Waals surface area contributed by atoms with Gasteiger partial charge in [-0.1, -0.05) is 36.4 Å². The molecule has 1 atom stereocenters. The van der Waals surface area contributed by atoms with Gasteiger partial charge in [-0.05, 0) is 35.9 Å². The molecule has 3 aromatic rings. The van der Waals surface area contributed by atoms with Gasteiger partial charge in [0.05, 0.1) is 5.69 Å². The maximum atomic E-state index is 4.78.